The number of hydrogen-bond acceptors (Lipinski definition) is 3. The molecule has 0 bridgehead atoms. The van der Waals surface area contributed by atoms with E-state index in [1.54, 1.807) is 11.3 Å². The van der Waals surface area contributed by atoms with Gasteiger partial charge in [-0.1, -0.05) is 13.8 Å². The molecule has 1 heterocycles. The highest BCUT2D eigenvalue weighted by molar-refractivity contribution is 7.10. The number of nitrogens with one attached hydrogen (secondary N) is 1. The molecule has 4 heteroatoms. The predicted molar refractivity (Wildman–Crippen MR) is 70.4 cm³/mol. The third-order valence-corrected chi connectivity index (χ3v) is 4.00. The minimum atomic E-state index is -0.195. The Labute approximate surface area is 106 Å². The van der Waals surface area contributed by atoms with Crippen molar-refractivity contribution in [3.05, 3.63) is 21.9 Å². The zero-order chi connectivity index (χ0) is 13.1. The minimum absolute atomic E-state index is 0.0283. The summed E-state index contributed by atoms with van der Waals surface area (Å²) in [6.07, 6.45) is -0.0283. The van der Waals surface area contributed by atoms with Crippen LogP contribution in [0.3, 0.4) is 0 Å². The molecule has 0 fully saturated rings. The molecule has 0 aliphatic carbocycles. The number of thiophene rings is 1. The lowest BCUT2D eigenvalue weighted by Gasteiger charge is -2.24. The molecule has 1 aromatic heterocycles. The van der Waals surface area contributed by atoms with E-state index in [0.717, 1.165) is 0 Å². The molecule has 1 rings (SSSR count). The number of ketones is 1. The fourth-order valence-corrected chi connectivity index (χ4v) is 2.81. The van der Waals surface area contributed by atoms with Gasteiger partial charge in [0, 0.05) is 16.8 Å². The first kappa shape index (κ1) is 13.9. The molecule has 0 saturated carbocycles. The molecule has 1 N–H and O–H groups in total. The van der Waals surface area contributed by atoms with Gasteiger partial charge < -0.3 is 5.32 Å². The van der Waals surface area contributed by atoms with Gasteiger partial charge in [-0.25, -0.2) is 0 Å². The second-order valence-corrected chi connectivity index (χ2v) is 5.89. The summed E-state index contributed by atoms with van der Waals surface area (Å²) >= 11 is 1.70. The highest BCUT2D eigenvalue weighted by Gasteiger charge is 2.24. The van der Waals surface area contributed by atoms with Crippen LogP contribution in [0.1, 0.15) is 37.6 Å². The van der Waals surface area contributed by atoms with Gasteiger partial charge in [0.05, 0.1) is 6.42 Å². The van der Waals surface area contributed by atoms with Crippen molar-refractivity contribution in [3.63, 3.8) is 0 Å². The second kappa shape index (κ2) is 5.45. The molecular formula is C13H19NO2S. The number of amides is 1. The summed E-state index contributed by atoms with van der Waals surface area (Å²) in [4.78, 5) is 23.5. The largest absolute Gasteiger partial charge is 0.355 e. The Bertz CT molecular complexity index is 421. The van der Waals surface area contributed by atoms with Crippen molar-refractivity contribution in [3.8, 4) is 0 Å². The standard InChI is InChI=1S/C13H19NO2S/c1-9-5-6-17-12(9)13(3,4)8-14-11(16)7-10(2)15/h5-6H,7-8H2,1-4H3,(H,14,16). The van der Waals surface area contributed by atoms with Gasteiger partial charge in [0.15, 0.2) is 0 Å². The summed E-state index contributed by atoms with van der Waals surface area (Å²) in [5.74, 6) is -0.299. The number of carbonyl (C=O) groups excluding carboxylic acids is 2. The lowest BCUT2D eigenvalue weighted by molar-refractivity contribution is -0.127. The Morgan fingerprint density at radius 3 is 2.53 bits per heavy atom. The lowest BCUT2D eigenvalue weighted by Crippen LogP contribution is -2.37. The molecule has 3 nitrogen and oxygen atoms in total. The highest BCUT2D eigenvalue weighted by Crippen LogP contribution is 2.30. The zero-order valence-electron chi connectivity index (χ0n) is 10.8. The number of rotatable bonds is 5. The van der Waals surface area contributed by atoms with Crippen molar-refractivity contribution >= 4 is 23.0 Å². The van der Waals surface area contributed by atoms with E-state index in [2.05, 4.69) is 37.5 Å². The Hall–Kier alpha value is -1.16. The van der Waals surface area contributed by atoms with Crippen LogP contribution in [-0.2, 0) is 15.0 Å². The van der Waals surface area contributed by atoms with E-state index < -0.39 is 0 Å². The Kier molecular flexibility index (Phi) is 4.46. The second-order valence-electron chi connectivity index (χ2n) is 4.97. The van der Waals surface area contributed by atoms with E-state index >= 15 is 0 Å². The number of Topliss-reactive ketones (excluding diaryl/α,β-unsaturated/α-hetero) is 1. The van der Waals surface area contributed by atoms with Crippen molar-refractivity contribution in [2.45, 2.75) is 39.5 Å². The number of aryl methyl sites for hydroxylation is 1. The van der Waals surface area contributed by atoms with E-state index in [9.17, 15) is 9.59 Å². The van der Waals surface area contributed by atoms with Gasteiger partial charge in [-0.2, -0.15) is 0 Å². The third kappa shape index (κ3) is 3.97. The topological polar surface area (TPSA) is 46.2 Å². The van der Waals surface area contributed by atoms with E-state index in [0.29, 0.717) is 6.54 Å². The average molecular weight is 253 g/mol. The molecule has 0 aliphatic heterocycles. The van der Waals surface area contributed by atoms with Crippen LogP contribution < -0.4 is 5.32 Å². The van der Waals surface area contributed by atoms with Crippen LogP contribution in [0.15, 0.2) is 11.4 Å². The van der Waals surface area contributed by atoms with Crippen LogP contribution in [0.25, 0.3) is 0 Å². The molecule has 0 atom stereocenters. The maximum absolute atomic E-state index is 11.4. The molecule has 94 valence electrons. The fraction of sp³-hybridized carbons (Fsp3) is 0.538. The average Bonchev–Trinajstić information content (AvgIpc) is 2.61. The molecule has 0 aliphatic rings. The predicted octanol–water partition coefficient (Wildman–Crippen LogP) is 2.43. The normalized spacial score (nSPS) is 11.3. The maximum Gasteiger partial charge on any atom is 0.227 e. The van der Waals surface area contributed by atoms with Gasteiger partial charge in [0.2, 0.25) is 5.91 Å². The van der Waals surface area contributed by atoms with E-state index in [4.69, 9.17) is 0 Å². The lowest BCUT2D eigenvalue weighted by atomic mass is 9.89. The first-order valence-corrected chi connectivity index (χ1v) is 6.51. The number of hydrogen-bond donors (Lipinski definition) is 1. The van der Waals surface area contributed by atoms with Crippen molar-refractivity contribution < 1.29 is 9.59 Å². The van der Waals surface area contributed by atoms with Crippen molar-refractivity contribution in [1.29, 1.82) is 0 Å². The SMILES string of the molecule is CC(=O)CC(=O)NCC(C)(C)c1sccc1C. The van der Waals surface area contributed by atoms with Gasteiger partial charge in [0.1, 0.15) is 5.78 Å². The first-order chi connectivity index (χ1) is 7.83. The summed E-state index contributed by atoms with van der Waals surface area (Å²) < 4.78 is 0. The summed E-state index contributed by atoms with van der Waals surface area (Å²) in [6, 6.07) is 2.08. The van der Waals surface area contributed by atoms with Gasteiger partial charge in [-0.15, -0.1) is 11.3 Å². The molecule has 1 aromatic rings. The van der Waals surface area contributed by atoms with Crippen LogP contribution in [-0.4, -0.2) is 18.2 Å². The monoisotopic (exact) mass is 253 g/mol. The van der Waals surface area contributed by atoms with E-state index in [1.807, 2.05) is 0 Å². The van der Waals surface area contributed by atoms with E-state index in [1.165, 1.54) is 17.4 Å². The maximum atomic E-state index is 11.4. The third-order valence-electron chi connectivity index (χ3n) is 2.61. The van der Waals surface area contributed by atoms with Crippen LogP contribution in [0, 0.1) is 6.92 Å². The minimum Gasteiger partial charge on any atom is -0.355 e. The van der Waals surface area contributed by atoms with Crippen LogP contribution in [0.5, 0.6) is 0 Å². The quantitative estimate of drug-likeness (QED) is 0.819. The highest BCUT2D eigenvalue weighted by atomic mass is 32.1. The van der Waals surface area contributed by atoms with Gasteiger partial charge >= 0.3 is 0 Å². The first-order valence-electron chi connectivity index (χ1n) is 5.63. The van der Waals surface area contributed by atoms with Crippen molar-refractivity contribution in [2.75, 3.05) is 6.54 Å². The van der Waals surface area contributed by atoms with Crippen molar-refractivity contribution in [1.82, 2.24) is 5.32 Å². The number of carbonyl (C=O) groups is 2. The summed E-state index contributed by atoms with van der Waals surface area (Å²) in [5.41, 5.74) is 1.16. The molecule has 0 radical (unpaired) electrons. The smallest absolute Gasteiger partial charge is 0.227 e. The van der Waals surface area contributed by atoms with Gasteiger partial charge in [0.25, 0.3) is 0 Å². The molecular weight excluding hydrogens is 234 g/mol. The molecule has 0 spiro atoms. The molecule has 0 saturated heterocycles. The van der Waals surface area contributed by atoms with Crippen LogP contribution >= 0.6 is 11.3 Å². The molecule has 1 amide bonds. The van der Waals surface area contributed by atoms with Crippen molar-refractivity contribution in [2.24, 2.45) is 0 Å². The van der Waals surface area contributed by atoms with Gasteiger partial charge in [-0.3, -0.25) is 9.59 Å². The summed E-state index contributed by atoms with van der Waals surface area (Å²) in [6.45, 7) is 8.25. The molecule has 0 unspecified atom stereocenters. The Balaban J connectivity index is 2.59. The van der Waals surface area contributed by atoms with Crippen LogP contribution in [0.2, 0.25) is 0 Å². The summed E-state index contributed by atoms with van der Waals surface area (Å²) in [7, 11) is 0. The molecule has 0 aromatic carbocycles. The van der Waals surface area contributed by atoms with Crippen LogP contribution in [0.4, 0.5) is 0 Å². The zero-order valence-corrected chi connectivity index (χ0v) is 11.6. The Morgan fingerprint density at radius 1 is 1.41 bits per heavy atom. The fourth-order valence-electron chi connectivity index (χ4n) is 1.75. The van der Waals surface area contributed by atoms with Gasteiger partial charge in [-0.05, 0) is 30.9 Å². The Morgan fingerprint density at radius 2 is 2.06 bits per heavy atom. The summed E-state index contributed by atoms with van der Waals surface area (Å²) in [5, 5.41) is 4.88. The molecule has 17 heavy (non-hydrogen) atoms. The van der Waals surface area contributed by atoms with E-state index in [-0.39, 0.29) is 23.5 Å².